The minimum Gasteiger partial charge on any atom is -0.454 e. The summed E-state index contributed by atoms with van der Waals surface area (Å²) >= 11 is 0. The Bertz CT molecular complexity index is 364. The van der Waals surface area contributed by atoms with E-state index in [0.717, 1.165) is 17.9 Å². The fraction of sp³-hybridized carbons (Fsp3) is 0.455. The molecule has 2 unspecified atom stereocenters. The van der Waals surface area contributed by atoms with Gasteiger partial charge in [-0.1, -0.05) is 6.07 Å². The van der Waals surface area contributed by atoms with Crippen molar-refractivity contribution in [1.29, 1.82) is 0 Å². The van der Waals surface area contributed by atoms with Crippen LogP contribution in [0.5, 0.6) is 11.5 Å². The Morgan fingerprint density at radius 3 is 2.71 bits per heavy atom. The largest absolute Gasteiger partial charge is 0.454 e. The first-order valence-electron chi connectivity index (χ1n) is 5.00. The highest BCUT2D eigenvalue weighted by molar-refractivity contribution is 5.46. The molecule has 0 radical (unpaired) electrons. The Hall–Kier alpha value is -1.22. The topological polar surface area (TPSA) is 44.5 Å². The molecule has 0 amide bonds. The average Bonchev–Trinajstić information content (AvgIpc) is 2.62. The lowest BCUT2D eigenvalue weighted by Gasteiger charge is -2.33. The van der Waals surface area contributed by atoms with Crippen molar-refractivity contribution in [2.45, 2.75) is 24.8 Å². The quantitative estimate of drug-likeness (QED) is 0.733. The first-order chi connectivity index (χ1) is 6.84. The number of hydrogen-bond donors (Lipinski definition) is 1. The Balaban J connectivity index is 1.92. The molecule has 74 valence electrons. The van der Waals surface area contributed by atoms with E-state index in [-0.39, 0.29) is 0 Å². The van der Waals surface area contributed by atoms with Crippen LogP contribution in [-0.2, 0) is 0 Å². The van der Waals surface area contributed by atoms with E-state index in [2.05, 4.69) is 12.1 Å². The van der Waals surface area contributed by atoms with Gasteiger partial charge in [0.15, 0.2) is 11.5 Å². The number of nitrogens with two attached hydrogens (primary N) is 1. The van der Waals surface area contributed by atoms with E-state index in [9.17, 15) is 0 Å². The number of ether oxygens (including phenoxy) is 2. The molecule has 3 rings (SSSR count). The van der Waals surface area contributed by atoms with Gasteiger partial charge in [0.05, 0.1) is 0 Å². The van der Waals surface area contributed by atoms with Crippen LogP contribution in [0.15, 0.2) is 18.2 Å². The zero-order valence-corrected chi connectivity index (χ0v) is 7.90. The Morgan fingerprint density at radius 1 is 1.14 bits per heavy atom. The molecular weight excluding hydrogens is 178 g/mol. The van der Waals surface area contributed by atoms with Crippen molar-refractivity contribution in [3.05, 3.63) is 23.8 Å². The highest BCUT2D eigenvalue weighted by Crippen LogP contribution is 2.40. The van der Waals surface area contributed by atoms with Crippen molar-refractivity contribution in [3.63, 3.8) is 0 Å². The predicted molar refractivity (Wildman–Crippen MR) is 52.5 cm³/mol. The standard InChI is InChI=1S/C11H13NO2/c12-9-3-2-8(9)7-1-4-10-11(5-7)14-6-13-10/h1,4-5,8-9H,2-3,6,12H2. The SMILES string of the molecule is NC1CCC1c1ccc2c(c1)OCO2. The van der Waals surface area contributed by atoms with Gasteiger partial charge in [-0.15, -0.1) is 0 Å². The van der Waals surface area contributed by atoms with E-state index in [0.29, 0.717) is 18.8 Å². The molecule has 1 heterocycles. The van der Waals surface area contributed by atoms with Crippen molar-refractivity contribution in [2.24, 2.45) is 5.73 Å². The van der Waals surface area contributed by atoms with Gasteiger partial charge >= 0.3 is 0 Å². The third-order valence-corrected chi connectivity index (χ3v) is 3.15. The third kappa shape index (κ3) is 1.09. The van der Waals surface area contributed by atoms with Crippen LogP contribution in [0.1, 0.15) is 24.3 Å². The molecule has 2 aliphatic rings. The summed E-state index contributed by atoms with van der Waals surface area (Å²) in [5.41, 5.74) is 7.21. The van der Waals surface area contributed by atoms with Crippen LogP contribution < -0.4 is 15.2 Å². The highest BCUT2D eigenvalue weighted by atomic mass is 16.7. The normalized spacial score (nSPS) is 28.6. The fourth-order valence-corrected chi connectivity index (χ4v) is 2.08. The summed E-state index contributed by atoms with van der Waals surface area (Å²) in [5, 5.41) is 0. The molecule has 1 saturated carbocycles. The zero-order valence-electron chi connectivity index (χ0n) is 7.90. The summed E-state index contributed by atoms with van der Waals surface area (Å²) in [6.45, 7) is 0.343. The van der Waals surface area contributed by atoms with Gasteiger partial charge in [-0.25, -0.2) is 0 Å². The van der Waals surface area contributed by atoms with Crippen LogP contribution in [0.4, 0.5) is 0 Å². The summed E-state index contributed by atoms with van der Waals surface area (Å²) in [4.78, 5) is 0. The third-order valence-electron chi connectivity index (χ3n) is 3.15. The maximum absolute atomic E-state index is 5.93. The summed E-state index contributed by atoms with van der Waals surface area (Å²) in [6.07, 6.45) is 2.33. The van der Waals surface area contributed by atoms with Crippen LogP contribution >= 0.6 is 0 Å². The Kier molecular flexibility index (Phi) is 1.67. The lowest BCUT2D eigenvalue weighted by atomic mass is 9.75. The molecule has 2 atom stereocenters. The monoisotopic (exact) mass is 191 g/mol. The molecule has 14 heavy (non-hydrogen) atoms. The van der Waals surface area contributed by atoms with Gasteiger partial charge in [-0.2, -0.15) is 0 Å². The second kappa shape index (κ2) is 2.89. The molecular formula is C11H13NO2. The Labute approximate surface area is 82.8 Å². The molecule has 0 saturated heterocycles. The number of hydrogen-bond acceptors (Lipinski definition) is 3. The lowest BCUT2D eigenvalue weighted by Crippen LogP contribution is -2.37. The minimum atomic E-state index is 0.329. The maximum atomic E-state index is 5.93. The molecule has 3 nitrogen and oxygen atoms in total. The molecule has 0 bridgehead atoms. The van der Waals surface area contributed by atoms with Gasteiger partial charge in [0.2, 0.25) is 6.79 Å². The molecule has 1 aliphatic heterocycles. The molecule has 1 aliphatic carbocycles. The average molecular weight is 191 g/mol. The molecule has 1 aromatic rings. The van der Waals surface area contributed by atoms with Crippen molar-refractivity contribution in [2.75, 3.05) is 6.79 Å². The minimum absolute atomic E-state index is 0.329. The molecule has 1 fully saturated rings. The van der Waals surface area contributed by atoms with Crippen LogP contribution in [0.3, 0.4) is 0 Å². The van der Waals surface area contributed by atoms with Gasteiger partial charge in [0, 0.05) is 6.04 Å². The first kappa shape index (κ1) is 8.12. The number of fused-ring (bicyclic) bond motifs is 1. The zero-order chi connectivity index (χ0) is 9.54. The van der Waals surface area contributed by atoms with E-state index in [1.165, 1.54) is 12.0 Å². The van der Waals surface area contributed by atoms with E-state index >= 15 is 0 Å². The van der Waals surface area contributed by atoms with E-state index in [1.807, 2.05) is 6.07 Å². The van der Waals surface area contributed by atoms with Crippen LogP contribution in [-0.4, -0.2) is 12.8 Å². The van der Waals surface area contributed by atoms with Gasteiger partial charge in [-0.05, 0) is 36.5 Å². The van der Waals surface area contributed by atoms with Crippen molar-refractivity contribution in [1.82, 2.24) is 0 Å². The van der Waals surface area contributed by atoms with Gasteiger partial charge < -0.3 is 15.2 Å². The first-order valence-corrected chi connectivity index (χ1v) is 5.00. The molecule has 3 heteroatoms. The van der Waals surface area contributed by atoms with Crippen molar-refractivity contribution < 1.29 is 9.47 Å². The van der Waals surface area contributed by atoms with Crippen LogP contribution in [0, 0.1) is 0 Å². The van der Waals surface area contributed by atoms with E-state index < -0.39 is 0 Å². The smallest absolute Gasteiger partial charge is 0.231 e. The number of benzene rings is 1. The van der Waals surface area contributed by atoms with Crippen LogP contribution in [0.2, 0.25) is 0 Å². The maximum Gasteiger partial charge on any atom is 0.231 e. The van der Waals surface area contributed by atoms with E-state index in [1.54, 1.807) is 0 Å². The second-order valence-electron chi connectivity index (χ2n) is 3.96. The van der Waals surface area contributed by atoms with Crippen LogP contribution in [0.25, 0.3) is 0 Å². The van der Waals surface area contributed by atoms with Gasteiger partial charge in [-0.3, -0.25) is 0 Å². The second-order valence-corrected chi connectivity index (χ2v) is 3.96. The lowest BCUT2D eigenvalue weighted by molar-refractivity contribution is 0.174. The molecule has 2 N–H and O–H groups in total. The van der Waals surface area contributed by atoms with Crippen molar-refractivity contribution >= 4 is 0 Å². The molecule has 0 aromatic heterocycles. The van der Waals surface area contributed by atoms with E-state index in [4.69, 9.17) is 15.2 Å². The fourth-order valence-electron chi connectivity index (χ4n) is 2.08. The van der Waals surface area contributed by atoms with Gasteiger partial charge in [0.1, 0.15) is 0 Å². The summed E-state index contributed by atoms with van der Waals surface area (Å²) in [7, 11) is 0. The Morgan fingerprint density at radius 2 is 2.00 bits per heavy atom. The highest BCUT2D eigenvalue weighted by Gasteiger charge is 2.29. The van der Waals surface area contributed by atoms with Crippen molar-refractivity contribution in [3.8, 4) is 11.5 Å². The van der Waals surface area contributed by atoms with Gasteiger partial charge in [0.25, 0.3) is 0 Å². The summed E-state index contributed by atoms with van der Waals surface area (Å²) < 4.78 is 10.6. The number of rotatable bonds is 1. The summed E-state index contributed by atoms with van der Waals surface area (Å²) in [6, 6.07) is 6.46. The predicted octanol–water partition coefficient (Wildman–Crippen LogP) is 1.62. The summed E-state index contributed by atoms with van der Waals surface area (Å²) in [5.74, 6) is 2.23. The molecule has 0 spiro atoms. The molecule has 1 aromatic carbocycles.